The van der Waals surface area contributed by atoms with E-state index in [9.17, 15) is 14.0 Å². The Morgan fingerprint density at radius 3 is 2.77 bits per heavy atom. The highest BCUT2D eigenvalue weighted by Gasteiger charge is 2.17. The fourth-order valence-corrected chi connectivity index (χ4v) is 3.64. The standard InChI is InChI=1S/C18H13ClFN3O2S/c19-16-13-6-1-2-7-14(13)26-17(16)18(25)21-10-15(24)23-22-9-11-4-3-5-12(20)8-11/h1-9H,10H2,(H,21,25)(H,23,24)/b22-9+. The average Bonchev–Trinajstić information content (AvgIpc) is 2.97. The van der Waals surface area contributed by atoms with Gasteiger partial charge in [0.15, 0.2) is 0 Å². The molecule has 2 aromatic carbocycles. The molecule has 3 aromatic rings. The monoisotopic (exact) mass is 389 g/mol. The van der Waals surface area contributed by atoms with Crippen LogP contribution >= 0.6 is 22.9 Å². The summed E-state index contributed by atoms with van der Waals surface area (Å²) >= 11 is 7.49. The number of hydrogen-bond acceptors (Lipinski definition) is 4. The van der Waals surface area contributed by atoms with Crippen LogP contribution in [0, 0.1) is 5.82 Å². The molecule has 0 spiro atoms. The topological polar surface area (TPSA) is 70.6 Å². The maximum absolute atomic E-state index is 13.0. The van der Waals surface area contributed by atoms with Crippen LogP contribution in [0.1, 0.15) is 15.2 Å². The number of rotatable bonds is 5. The summed E-state index contributed by atoms with van der Waals surface area (Å²) in [5, 5.41) is 7.39. The predicted octanol–water partition coefficient (Wildman–Crippen LogP) is 3.57. The number of benzene rings is 2. The van der Waals surface area contributed by atoms with E-state index in [0.29, 0.717) is 15.5 Å². The normalized spacial score (nSPS) is 11.0. The third-order valence-corrected chi connectivity index (χ3v) is 5.08. The van der Waals surface area contributed by atoms with Gasteiger partial charge in [-0.05, 0) is 23.8 Å². The zero-order chi connectivity index (χ0) is 18.5. The Kier molecular flexibility index (Phi) is 5.60. The highest BCUT2D eigenvalue weighted by atomic mass is 35.5. The van der Waals surface area contributed by atoms with Gasteiger partial charge in [0.05, 0.1) is 17.8 Å². The summed E-state index contributed by atoms with van der Waals surface area (Å²) in [6.07, 6.45) is 1.31. The van der Waals surface area contributed by atoms with Gasteiger partial charge in [-0.15, -0.1) is 11.3 Å². The lowest BCUT2D eigenvalue weighted by Gasteiger charge is -2.03. The first-order valence-electron chi connectivity index (χ1n) is 7.57. The van der Waals surface area contributed by atoms with Crippen LogP contribution in [0.5, 0.6) is 0 Å². The molecule has 3 rings (SSSR count). The lowest BCUT2D eigenvalue weighted by Crippen LogP contribution is -2.34. The highest BCUT2D eigenvalue weighted by Crippen LogP contribution is 2.34. The lowest BCUT2D eigenvalue weighted by atomic mass is 10.2. The molecule has 1 aromatic heterocycles. The Balaban J connectivity index is 1.55. The fourth-order valence-electron chi connectivity index (χ4n) is 2.21. The van der Waals surface area contributed by atoms with E-state index in [2.05, 4.69) is 15.8 Å². The largest absolute Gasteiger partial charge is 0.342 e. The van der Waals surface area contributed by atoms with Gasteiger partial charge in [0.25, 0.3) is 11.8 Å². The van der Waals surface area contributed by atoms with Gasteiger partial charge in [-0.3, -0.25) is 9.59 Å². The zero-order valence-corrected chi connectivity index (χ0v) is 14.9. The van der Waals surface area contributed by atoms with Crippen LogP contribution in [-0.2, 0) is 4.79 Å². The predicted molar refractivity (Wildman–Crippen MR) is 101 cm³/mol. The zero-order valence-electron chi connectivity index (χ0n) is 13.3. The molecule has 0 atom stereocenters. The molecule has 0 fully saturated rings. The molecule has 5 nitrogen and oxygen atoms in total. The number of amides is 2. The second-order valence-corrected chi connectivity index (χ2v) is 6.70. The van der Waals surface area contributed by atoms with E-state index >= 15 is 0 Å². The van der Waals surface area contributed by atoms with Gasteiger partial charge < -0.3 is 5.32 Å². The maximum Gasteiger partial charge on any atom is 0.263 e. The van der Waals surface area contributed by atoms with Crippen LogP contribution in [0.2, 0.25) is 5.02 Å². The molecular formula is C18H13ClFN3O2S. The Labute approximate surface area is 157 Å². The molecule has 8 heteroatoms. The van der Waals surface area contributed by atoms with E-state index in [4.69, 9.17) is 11.6 Å². The molecule has 0 radical (unpaired) electrons. The number of hydrazone groups is 1. The molecule has 0 bridgehead atoms. The number of fused-ring (bicyclic) bond motifs is 1. The Morgan fingerprint density at radius 1 is 1.19 bits per heavy atom. The second kappa shape index (κ2) is 8.07. The van der Waals surface area contributed by atoms with Gasteiger partial charge in [-0.2, -0.15) is 5.10 Å². The SMILES string of the molecule is O=C(CNC(=O)c1sc2ccccc2c1Cl)N/N=C/c1cccc(F)c1. The van der Waals surface area contributed by atoms with E-state index in [1.165, 1.54) is 35.8 Å². The third-order valence-electron chi connectivity index (χ3n) is 3.40. The summed E-state index contributed by atoms with van der Waals surface area (Å²) in [6.45, 7) is -0.260. The van der Waals surface area contributed by atoms with Gasteiger partial charge in [0.2, 0.25) is 0 Å². The molecule has 0 aliphatic carbocycles. The first kappa shape index (κ1) is 18.0. The van der Waals surface area contributed by atoms with Crippen LogP contribution in [0.3, 0.4) is 0 Å². The molecule has 26 heavy (non-hydrogen) atoms. The lowest BCUT2D eigenvalue weighted by molar-refractivity contribution is -0.120. The van der Waals surface area contributed by atoms with Gasteiger partial charge in [-0.1, -0.05) is 41.9 Å². The van der Waals surface area contributed by atoms with Gasteiger partial charge in [-0.25, -0.2) is 9.82 Å². The van der Waals surface area contributed by atoms with Crippen LogP contribution in [0.4, 0.5) is 4.39 Å². The Morgan fingerprint density at radius 2 is 2.00 bits per heavy atom. The number of nitrogens with zero attached hydrogens (tertiary/aromatic N) is 1. The Bertz CT molecular complexity index is 1000. The van der Waals surface area contributed by atoms with Gasteiger partial charge in [0, 0.05) is 10.1 Å². The summed E-state index contributed by atoms with van der Waals surface area (Å²) in [6, 6.07) is 13.2. The van der Waals surface area contributed by atoms with Crippen molar-refractivity contribution in [3.63, 3.8) is 0 Å². The number of nitrogens with one attached hydrogen (secondary N) is 2. The molecular weight excluding hydrogens is 377 g/mol. The van der Waals surface area contributed by atoms with Crippen molar-refractivity contribution in [3.8, 4) is 0 Å². The van der Waals surface area contributed by atoms with Crippen LogP contribution in [-0.4, -0.2) is 24.6 Å². The molecule has 0 aliphatic heterocycles. The maximum atomic E-state index is 13.0. The molecule has 2 N–H and O–H groups in total. The van der Waals surface area contributed by atoms with Crippen molar-refractivity contribution in [1.29, 1.82) is 0 Å². The fraction of sp³-hybridized carbons (Fsp3) is 0.0556. The molecule has 0 saturated carbocycles. The van der Waals surface area contributed by atoms with E-state index in [-0.39, 0.29) is 6.54 Å². The van der Waals surface area contributed by atoms with Crippen LogP contribution < -0.4 is 10.7 Å². The highest BCUT2D eigenvalue weighted by molar-refractivity contribution is 7.21. The molecule has 0 saturated heterocycles. The molecule has 2 amide bonds. The van der Waals surface area contributed by atoms with Crippen LogP contribution in [0.25, 0.3) is 10.1 Å². The van der Waals surface area contributed by atoms with Crippen molar-refractivity contribution in [2.24, 2.45) is 5.10 Å². The van der Waals surface area contributed by atoms with Gasteiger partial charge in [0.1, 0.15) is 10.7 Å². The van der Waals surface area contributed by atoms with E-state index in [1.807, 2.05) is 24.3 Å². The summed E-state index contributed by atoms with van der Waals surface area (Å²) in [7, 11) is 0. The summed E-state index contributed by atoms with van der Waals surface area (Å²) in [5.74, 6) is -1.34. The summed E-state index contributed by atoms with van der Waals surface area (Å²) < 4.78 is 13.9. The Hall–Kier alpha value is -2.77. The first-order chi connectivity index (χ1) is 12.5. The number of carbonyl (C=O) groups excluding carboxylic acids is 2. The number of thiophene rings is 1. The minimum Gasteiger partial charge on any atom is -0.342 e. The minimum atomic E-state index is -0.511. The molecule has 0 unspecified atom stereocenters. The summed E-state index contributed by atoms with van der Waals surface area (Å²) in [5.41, 5.74) is 2.77. The van der Waals surface area contributed by atoms with Crippen molar-refractivity contribution < 1.29 is 14.0 Å². The quantitative estimate of drug-likeness (QED) is 0.517. The first-order valence-corrected chi connectivity index (χ1v) is 8.77. The van der Waals surface area contributed by atoms with Crippen molar-refractivity contribution in [3.05, 3.63) is 69.8 Å². The molecule has 0 aliphatic rings. The molecule has 132 valence electrons. The van der Waals surface area contributed by atoms with Gasteiger partial charge >= 0.3 is 0 Å². The second-order valence-electron chi connectivity index (χ2n) is 5.27. The van der Waals surface area contributed by atoms with Crippen molar-refractivity contribution >= 4 is 51.1 Å². The van der Waals surface area contributed by atoms with Crippen molar-refractivity contribution in [2.45, 2.75) is 0 Å². The van der Waals surface area contributed by atoms with E-state index in [0.717, 1.165) is 10.1 Å². The van der Waals surface area contributed by atoms with Crippen molar-refractivity contribution in [2.75, 3.05) is 6.54 Å². The number of halogens is 2. The minimum absolute atomic E-state index is 0.260. The van der Waals surface area contributed by atoms with Crippen LogP contribution in [0.15, 0.2) is 53.6 Å². The number of hydrogen-bond donors (Lipinski definition) is 2. The smallest absolute Gasteiger partial charge is 0.263 e. The molecule has 1 heterocycles. The van der Waals surface area contributed by atoms with E-state index in [1.54, 1.807) is 6.07 Å². The number of carbonyl (C=O) groups is 2. The summed E-state index contributed by atoms with van der Waals surface area (Å²) in [4.78, 5) is 24.3. The third kappa shape index (κ3) is 4.25. The van der Waals surface area contributed by atoms with Crippen molar-refractivity contribution in [1.82, 2.24) is 10.7 Å². The van der Waals surface area contributed by atoms with E-state index < -0.39 is 17.6 Å². The average molecular weight is 390 g/mol.